The van der Waals surface area contributed by atoms with Crippen molar-refractivity contribution in [1.82, 2.24) is 10.2 Å². The van der Waals surface area contributed by atoms with Crippen molar-refractivity contribution in [2.24, 2.45) is 11.7 Å². The van der Waals surface area contributed by atoms with Gasteiger partial charge in [-0.1, -0.05) is 13.8 Å². The summed E-state index contributed by atoms with van der Waals surface area (Å²) < 4.78 is 10.7. The maximum absolute atomic E-state index is 5.96. The fourth-order valence-corrected chi connectivity index (χ4v) is 1.50. The summed E-state index contributed by atoms with van der Waals surface area (Å²) in [6, 6.07) is 7.21. The van der Waals surface area contributed by atoms with E-state index in [2.05, 4.69) is 10.2 Å². The van der Waals surface area contributed by atoms with Gasteiger partial charge in [-0.3, -0.25) is 0 Å². The van der Waals surface area contributed by atoms with E-state index in [0.717, 1.165) is 11.3 Å². The Bertz CT molecular complexity index is 505. The molecule has 5 heteroatoms. The zero-order valence-electron chi connectivity index (χ0n) is 10.8. The number of aromatic nitrogens is 2. The van der Waals surface area contributed by atoms with E-state index in [-0.39, 0.29) is 12.0 Å². The molecule has 1 aromatic heterocycles. The third-order valence-electron chi connectivity index (χ3n) is 2.78. The lowest BCUT2D eigenvalue weighted by atomic mass is 10.1. The van der Waals surface area contributed by atoms with Crippen molar-refractivity contribution in [3.05, 3.63) is 30.2 Å². The van der Waals surface area contributed by atoms with E-state index in [1.807, 2.05) is 38.1 Å². The first kappa shape index (κ1) is 12.6. The Hall–Kier alpha value is -1.88. The Labute approximate surface area is 106 Å². The lowest BCUT2D eigenvalue weighted by Crippen LogP contribution is -2.16. The van der Waals surface area contributed by atoms with Crippen LogP contribution in [0.1, 0.15) is 25.8 Å². The van der Waals surface area contributed by atoms with Gasteiger partial charge in [0.25, 0.3) is 0 Å². The molecule has 0 spiro atoms. The molecule has 0 fully saturated rings. The van der Waals surface area contributed by atoms with Crippen LogP contribution in [0.5, 0.6) is 5.75 Å². The number of rotatable bonds is 4. The first-order valence-corrected chi connectivity index (χ1v) is 5.85. The van der Waals surface area contributed by atoms with Crippen molar-refractivity contribution in [3.63, 3.8) is 0 Å². The van der Waals surface area contributed by atoms with E-state index in [1.54, 1.807) is 7.11 Å². The molecule has 1 unspecified atom stereocenters. The van der Waals surface area contributed by atoms with Gasteiger partial charge >= 0.3 is 0 Å². The smallest absolute Gasteiger partial charge is 0.247 e. The van der Waals surface area contributed by atoms with Crippen molar-refractivity contribution in [1.29, 1.82) is 0 Å². The van der Waals surface area contributed by atoms with Gasteiger partial charge in [0.05, 0.1) is 13.2 Å². The summed E-state index contributed by atoms with van der Waals surface area (Å²) in [5, 5.41) is 7.99. The summed E-state index contributed by atoms with van der Waals surface area (Å²) in [4.78, 5) is 0. The monoisotopic (exact) mass is 247 g/mol. The second kappa shape index (κ2) is 5.18. The molecule has 0 radical (unpaired) electrons. The van der Waals surface area contributed by atoms with E-state index in [1.165, 1.54) is 0 Å². The van der Waals surface area contributed by atoms with E-state index in [0.29, 0.717) is 11.8 Å². The summed E-state index contributed by atoms with van der Waals surface area (Å²) in [5.74, 6) is 1.99. The van der Waals surface area contributed by atoms with Crippen molar-refractivity contribution < 1.29 is 9.15 Å². The minimum Gasteiger partial charge on any atom is -0.497 e. The van der Waals surface area contributed by atoms with E-state index in [9.17, 15) is 0 Å². The third-order valence-corrected chi connectivity index (χ3v) is 2.78. The van der Waals surface area contributed by atoms with Gasteiger partial charge in [0, 0.05) is 5.56 Å². The SMILES string of the molecule is COc1ccc(-c2nnc(C(N)C(C)C)o2)cc1. The minimum absolute atomic E-state index is 0.232. The molecular weight excluding hydrogens is 230 g/mol. The van der Waals surface area contributed by atoms with Gasteiger partial charge in [0.2, 0.25) is 11.8 Å². The molecule has 1 aromatic carbocycles. The molecular formula is C13H17N3O2. The maximum Gasteiger partial charge on any atom is 0.247 e. The lowest BCUT2D eigenvalue weighted by Gasteiger charge is -2.09. The quantitative estimate of drug-likeness (QED) is 0.898. The molecule has 1 heterocycles. The number of ether oxygens (including phenoxy) is 1. The van der Waals surface area contributed by atoms with Crippen LogP contribution in [-0.2, 0) is 0 Å². The average Bonchev–Trinajstić information content (AvgIpc) is 2.87. The molecule has 0 aliphatic heterocycles. The van der Waals surface area contributed by atoms with Crippen molar-refractivity contribution in [3.8, 4) is 17.2 Å². The lowest BCUT2D eigenvalue weighted by molar-refractivity contribution is 0.394. The minimum atomic E-state index is -0.232. The molecule has 0 saturated heterocycles. The zero-order valence-corrected chi connectivity index (χ0v) is 10.8. The topological polar surface area (TPSA) is 74.2 Å². The summed E-state index contributed by atoms with van der Waals surface area (Å²) in [5.41, 5.74) is 6.81. The molecule has 2 rings (SSSR count). The number of nitrogens with two attached hydrogens (primary N) is 1. The largest absolute Gasteiger partial charge is 0.497 e. The number of nitrogens with zero attached hydrogens (tertiary/aromatic N) is 2. The van der Waals surface area contributed by atoms with Crippen molar-refractivity contribution >= 4 is 0 Å². The molecule has 1 atom stereocenters. The fraction of sp³-hybridized carbons (Fsp3) is 0.385. The van der Waals surface area contributed by atoms with Crippen LogP contribution in [-0.4, -0.2) is 17.3 Å². The Kier molecular flexibility index (Phi) is 3.62. The van der Waals surface area contributed by atoms with Gasteiger partial charge in [0.1, 0.15) is 5.75 Å². The molecule has 2 N–H and O–H groups in total. The van der Waals surface area contributed by atoms with Crippen molar-refractivity contribution in [2.75, 3.05) is 7.11 Å². The molecule has 0 bridgehead atoms. The van der Waals surface area contributed by atoms with Crippen LogP contribution in [0.2, 0.25) is 0 Å². The van der Waals surface area contributed by atoms with E-state index < -0.39 is 0 Å². The van der Waals surface area contributed by atoms with Crippen LogP contribution >= 0.6 is 0 Å². The Balaban J connectivity index is 2.23. The summed E-state index contributed by atoms with van der Waals surface area (Å²) in [6.07, 6.45) is 0. The highest BCUT2D eigenvalue weighted by molar-refractivity contribution is 5.53. The van der Waals surface area contributed by atoms with Gasteiger partial charge in [-0.05, 0) is 30.2 Å². The molecule has 2 aromatic rings. The maximum atomic E-state index is 5.96. The van der Waals surface area contributed by atoms with Crippen molar-refractivity contribution in [2.45, 2.75) is 19.9 Å². The molecule has 0 amide bonds. The fourth-order valence-electron chi connectivity index (χ4n) is 1.50. The van der Waals surface area contributed by atoms with E-state index >= 15 is 0 Å². The van der Waals surface area contributed by atoms with Crippen LogP contribution in [0.25, 0.3) is 11.5 Å². The summed E-state index contributed by atoms with van der Waals surface area (Å²) in [6.45, 7) is 4.03. The normalized spacial score (nSPS) is 12.7. The van der Waals surface area contributed by atoms with Crippen LogP contribution in [0.4, 0.5) is 0 Å². The number of hydrogen-bond acceptors (Lipinski definition) is 5. The first-order valence-electron chi connectivity index (χ1n) is 5.85. The Morgan fingerprint density at radius 1 is 1.17 bits per heavy atom. The molecule has 0 aliphatic carbocycles. The van der Waals surface area contributed by atoms with Gasteiger partial charge in [-0.15, -0.1) is 10.2 Å². The third kappa shape index (κ3) is 2.51. The van der Waals surface area contributed by atoms with Crippen LogP contribution in [0.15, 0.2) is 28.7 Å². The Morgan fingerprint density at radius 2 is 1.83 bits per heavy atom. The average molecular weight is 247 g/mol. The summed E-state index contributed by atoms with van der Waals surface area (Å²) >= 11 is 0. The van der Waals surface area contributed by atoms with Gasteiger partial charge < -0.3 is 14.9 Å². The Morgan fingerprint density at radius 3 is 2.39 bits per heavy atom. The highest BCUT2D eigenvalue weighted by Gasteiger charge is 2.18. The molecule has 96 valence electrons. The van der Waals surface area contributed by atoms with Crippen LogP contribution < -0.4 is 10.5 Å². The molecule has 18 heavy (non-hydrogen) atoms. The van der Waals surface area contributed by atoms with E-state index in [4.69, 9.17) is 14.9 Å². The number of methoxy groups -OCH3 is 1. The highest BCUT2D eigenvalue weighted by atomic mass is 16.5. The highest BCUT2D eigenvalue weighted by Crippen LogP contribution is 2.24. The second-order valence-electron chi connectivity index (χ2n) is 4.44. The number of hydrogen-bond donors (Lipinski definition) is 1. The number of benzene rings is 1. The molecule has 0 saturated carbocycles. The van der Waals surface area contributed by atoms with Gasteiger partial charge in [-0.2, -0.15) is 0 Å². The van der Waals surface area contributed by atoms with Crippen LogP contribution in [0, 0.1) is 5.92 Å². The molecule has 5 nitrogen and oxygen atoms in total. The standard InChI is InChI=1S/C13H17N3O2/c1-8(2)11(14)13-16-15-12(18-13)9-4-6-10(17-3)7-5-9/h4-8,11H,14H2,1-3H3. The first-order chi connectivity index (χ1) is 8.61. The van der Waals surface area contributed by atoms with Crippen LogP contribution in [0.3, 0.4) is 0 Å². The van der Waals surface area contributed by atoms with Gasteiger partial charge in [-0.25, -0.2) is 0 Å². The predicted octanol–water partition coefficient (Wildman–Crippen LogP) is 2.40. The second-order valence-corrected chi connectivity index (χ2v) is 4.44. The zero-order chi connectivity index (χ0) is 13.1. The summed E-state index contributed by atoms with van der Waals surface area (Å²) in [7, 11) is 1.63. The van der Waals surface area contributed by atoms with Gasteiger partial charge in [0.15, 0.2) is 0 Å². The predicted molar refractivity (Wildman–Crippen MR) is 68.1 cm³/mol. The molecule has 0 aliphatic rings.